The Morgan fingerprint density at radius 2 is 1.93 bits per heavy atom. The van der Waals surface area contributed by atoms with Crippen LogP contribution in [0.15, 0.2) is 58.1 Å². The van der Waals surface area contributed by atoms with Crippen molar-refractivity contribution in [3.8, 4) is 11.4 Å². The highest BCUT2D eigenvalue weighted by molar-refractivity contribution is 5.56. The first-order valence-electron chi connectivity index (χ1n) is 10.1. The van der Waals surface area contributed by atoms with Gasteiger partial charge in [-0.25, -0.2) is 4.98 Å². The quantitative estimate of drug-likeness (QED) is 0.749. The number of aromatic amines is 1. The Hall–Kier alpha value is -2.99. The zero-order chi connectivity index (χ0) is 20.0. The third kappa shape index (κ3) is 3.56. The lowest BCUT2D eigenvalue weighted by Crippen LogP contribution is -2.46. The van der Waals surface area contributed by atoms with E-state index in [0.717, 1.165) is 38.2 Å². The van der Waals surface area contributed by atoms with Gasteiger partial charge in [0, 0.05) is 61.2 Å². The van der Waals surface area contributed by atoms with Crippen molar-refractivity contribution in [2.45, 2.75) is 32.4 Å². The van der Waals surface area contributed by atoms with E-state index in [2.05, 4.69) is 33.1 Å². The van der Waals surface area contributed by atoms with E-state index in [-0.39, 0.29) is 11.1 Å². The van der Waals surface area contributed by atoms with Gasteiger partial charge in [-0.1, -0.05) is 24.3 Å². The van der Waals surface area contributed by atoms with Crippen molar-refractivity contribution in [3.05, 3.63) is 86.2 Å². The summed E-state index contributed by atoms with van der Waals surface area (Å²) in [5.41, 5.74) is 4.02. The smallest absolute Gasteiger partial charge is 0.251 e. The number of hydrogen-bond donors (Lipinski definition) is 1. The molecule has 6 heteroatoms. The minimum Gasteiger partial charge on any atom is -0.312 e. The Bertz CT molecular complexity index is 1180. The first-order valence-corrected chi connectivity index (χ1v) is 10.1. The number of aromatic nitrogens is 3. The molecule has 29 heavy (non-hydrogen) atoms. The molecule has 2 atom stereocenters. The van der Waals surface area contributed by atoms with Crippen molar-refractivity contribution in [2.75, 3.05) is 13.1 Å². The Kier molecular flexibility index (Phi) is 4.43. The molecule has 0 aliphatic carbocycles. The summed E-state index contributed by atoms with van der Waals surface area (Å²) in [7, 11) is 0. The Morgan fingerprint density at radius 3 is 2.79 bits per heavy atom. The summed E-state index contributed by atoms with van der Waals surface area (Å²) in [4.78, 5) is 33.8. The number of hydrogen-bond acceptors (Lipinski definition) is 4. The first kappa shape index (κ1) is 18.1. The van der Waals surface area contributed by atoms with Crippen molar-refractivity contribution in [3.63, 3.8) is 0 Å². The summed E-state index contributed by atoms with van der Waals surface area (Å²) in [6.07, 6.45) is 1.16. The molecule has 1 aromatic carbocycles. The second-order valence-electron chi connectivity index (χ2n) is 8.33. The first-order chi connectivity index (χ1) is 14.0. The van der Waals surface area contributed by atoms with Crippen molar-refractivity contribution in [2.24, 2.45) is 5.92 Å². The second kappa shape index (κ2) is 7.12. The molecule has 3 aromatic rings. The lowest BCUT2D eigenvalue weighted by atomic mass is 9.83. The molecular formula is C23H24N4O2. The lowest BCUT2D eigenvalue weighted by molar-refractivity contribution is 0.114. The van der Waals surface area contributed by atoms with Crippen LogP contribution in [0.3, 0.4) is 0 Å². The maximum Gasteiger partial charge on any atom is 0.251 e. The van der Waals surface area contributed by atoms with Crippen molar-refractivity contribution >= 4 is 0 Å². The number of H-pyrrole nitrogens is 1. The Balaban J connectivity index is 1.38. The van der Waals surface area contributed by atoms with Gasteiger partial charge in [-0.15, -0.1) is 0 Å². The fourth-order valence-electron chi connectivity index (χ4n) is 4.92. The van der Waals surface area contributed by atoms with E-state index in [0.29, 0.717) is 23.4 Å². The Labute approximate surface area is 168 Å². The van der Waals surface area contributed by atoms with E-state index in [9.17, 15) is 9.59 Å². The van der Waals surface area contributed by atoms with Crippen molar-refractivity contribution < 1.29 is 0 Å². The number of piperidine rings is 1. The third-order valence-corrected chi connectivity index (χ3v) is 6.03. The summed E-state index contributed by atoms with van der Waals surface area (Å²) in [6, 6.07) is 15.4. The highest BCUT2D eigenvalue weighted by Crippen LogP contribution is 2.35. The van der Waals surface area contributed by atoms with Crippen LogP contribution in [0.4, 0.5) is 0 Å². The molecule has 2 unspecified atom stereocenters. The van der Waals surface area contributed by atoms with Crippen molar-refractivity contribution in [1.82, 2.24) is 19.4 Å². The predicted molar refractivity (Wildman–Crippen MR) is 112 cm³/mol. The zero-order valence-corrected chi connectivity index (χ0v) is 16.5. The summed E-state index contributed by atoms with van der Waals surface area (Å²) in [6.45, 7) is 5.47. The van der Waals surface area contributed by atoms with Crippen molar-refractivity contribution in [1.29, 1.82) is 0 Å². The number of rotatable bonds is 3. The van der Waals surface area contributed by atoms with E-state index in [4.69, 9.17) is 0 Å². The van der Waals surface area contributed by atoms with Crippen LogP contribution in [0.1, 0.15) is 29.3 Å². The van der Waals surface area contributed by atoms with E-state index in [1.807, 2.05) is 29.7 Å². The molecule has 6 nitrogen and oxygen atoms in total. The molecule has 1 N–H and O–H groups in total. The SMILES string of the molecule is Cc1cc(=O)[nH]c(-c2cccc(CN3CC4CC(C3)c3cccc(=O)n3C4)c2)n1. The van der Waals surface area contributed by atoms with E-state index >= 15 is 0 Å². The van der Waals surface area contributed by atoms with Crippen LogP contribution in [-0.2, 0) is 13.1 Å². The molecule has 0 saturated carbocycles. The summed E-state index contributed by atoms with van der Waals surface area (Å²) in [5, 5.41) is 0. The molecule has 1 saturated heterocycles. The number of nitrogens with zero attached hydrogens (tertiary/aromatic N) is 3. The number of pyridine rings is 1. The van der Waals surface area contributed by atoms with Gasteiger partial charge < -0.3 is 9.55 Å². The van der Waals surface area contributed by atoms with Gasteiger partial charge in [-0.2, -0.15) is 0 Å². The molecule has 5 rings (SSSR count). The van der Waals surface area contributed by atoms with Crippen LogP contribution in [0.2, 0.25) is 0 Å². The summed E-state index contributed by atoms with van der Waals surface area (Å²) < 4.78 is 1.97. The standard InChI is InChI=1S/C23H24N4O2/c1-15-8-21(28)25-23(24-15)18-5-2-4-16(9-18)11-26-12-17-10-19(14-26)20-6-3-7-22(29)27(20)13-17/h2-9,17,19H,10-14H2,1H3,(H,24,25,28). The van der Waals surface area contributed by atoms with Crippen LogP contribution in [0.25, 0.3) is 11.4 Å². The van der Waals surface area contributed by atoms with Gasteiger partial charge >= 0.3 is 0 Å². The van der Waals surface area contributed by atoms with Gasteiger partial charge in [0.05, 0.1) is 0 Å². The normalized spacial score (nSPS) is 21.0. The topological polar surface area (TPSA) is 71.0 Å². The number of fused-ring (bicyclic) bond motifs is 4. The zero-order valence-electron chi connectivity index (χ0n) is 16.5. The molecule has 2 aliphatic rings. The van der Waals surface area contributed by atoms with E-state index < -0.39 is 0 Å². The number of aryl methyl sites for hydroxylation is 1. The maximum absolute atomic E-state index is 12.2. The van der Waals surface area contributed by atoms with Crippen LogP contribution >= 0.6 is 0 Å². The maximum atomic E-state index is 12.2. The minimum atomic E-state index is -0.129. The molecule has 1 fully saturated rings. The molecule has 148 valence electrons. The molecular weight excluding hydrogens is 364 g/mol. The van der Waals surface area contributed by atoms with Gasteiger partial charge in [0.15, 0.2) is 0 Å². The summed E-state index contributed by atoms with van der Waals surface area (Å²) >= 11 is 0. The predicted octanol–water partition coefficient (Wildman–Crippen LogP) is 2.53. The van der Waals surface area contributed by atoms with Crippen LogP contribution in [0, 0.1) is 12.8 Å². The van der Waals surface area contributed by atoms with Gasteiger partial charge in [0.1, 0.15) is 5.82 Å². The molecule has 0 amide bonds. The molecule has 0 radical (unpaired) electrons. The molecule has 2 aromatic heterocycles. The fraction of sp³-hybridized carbons (Fsp3) is 0.348. The van der Waals surface area contributed by atoms with Crippen LogP contribution in [0.5, 0.6) is 0 Å². The van der Waals surface area contributed by atoms with Gasteiger partial charge in [0.2, 0.25) is 0 Å². The minimum absolute atomic E-state index is 0.123. The van der Waals surface area contributed by atoms with Gasteiger partial charge in [0.25, 0.3) is 11.1 Å². The summed E-state index contributed by atoms with van der Waals surface area (Å²) in [5.74, 6) is 1.54. The average Bonchev–Trinajstić information content (AvgIpc) is 2.68. The van der Waals surface area contributed by atoms with Crippen LogP contribution in [-0.4, -0.2) is 32.5 Å². The molecule has 2 aliphatic heterocycles. The average molecular weight is 388 g/mol. The third-order valence-electron chi connectivity index (χ3n) is 6.03. The highest BCUT2D eigenvalue weighted by atomic mass is 16.1. The highest BCUT2D eigenvalue weighted by Gasteiger charge is 2.34. The number of likely N-dealkylation sites (tertiary alicyclic amines) is 1. The second-order valence-corrected chi connectivity index (χ2v) is 8.33. The molecule has 4 heterocycles. The lowest BCUT2D eigenvalue weighted by Gasteiger charge is -2.42. The monoisotopic (exact) mass is 388 g/mol. The molecule has 2 bridgehead atoms. The van der Waals surface area contributed by atoms with Gasteiger partial charge in [-0.05, 0) is 37.0 Å². The van der Waals surface area contributed by atoms with Gasteiger partial charge in [-0.3, -0.25) is 14.5 Å². The largest absolute Gasteiger partial charge is 0.312 e. The Morgan fingerprint density at radius 1 is 1.07 bits per heavy atom. The van der Waals surface area contributed by atoms with E-state index in [1.165, 1.54) is 17.3 Å². The fourth-order valence-corrected chi connectivity index (χ4v) is 4.92. The number of benzene rings is 1. The van der Waals surface area contributed by atoms with Crippen LogP contribution < -0.4 is 11.1 Å². The molecule has 0 spiro atoms. The number of nitrogens with one attached hydrogen (secondary N) is 1. The van der Waals surface area contributed by atoms with E-state index in [1.54, 1.807) is 6.07 Å².